The van der Waals surface area contributed by atoms with Gasteiger partial charge in [-0.2, -0.15) is 5.10 Å². The maximum Gasteiger partial charge on any atom is 0.154 e. The van der Waals surface area contributed by atoms with Gasteiger partial charge in [-0.25, -0.2) is 4.98 Å². The predicted molar refractivity (Wildman–Crippen MR) is 54.8 cm³/mol. The van der Waals surface area contributed by atoms with Crippen LogP contribution in [0.25, 0.3) is 0 Å². The molecule has 1 saturated carbocycles. The van der Waals surface area contributed by atoms with Gasteiger partial charge in [0.25, 0.3) is 0 Å². The van der Waals surface area contributed by atoms with E-state index in [1.807, 2.05) is 18.7 Å². The molecule has 0 radical (unpaired) electrons. The van der Waals surface area contributed by atoms with E-state index in [9.17, 15) is 0 Å². The summed E-state index contributed by atoms with van der Waals surface area (Å²) in [6, 6.07) is 0. The Bertz CT molecular complexity index is 336. The monoisotopic (exact) mass is 194 g/mol. The van der Waals surface area contributed by atoms with Crippen molar-refractivity contribution in [1.29, 1.82) is 0 Å². The topological polar surface area (TPSA) is 56.7 Å². The van der Waals surface area contributed by atoms with Gasteiger partial charge >= 0.3 is 0 Å². The van der Waals surface area contributed by atoms with Crippen LogP contribution in [-0.4, -0.2) is 14.8 Å². The molecule has 1 unspecified atom stereocenters. The molecule has 78 valence electrons. The molecule has 2 N–H and O–H groups in total. The SMILES string of the molecule is CCC(C)(N)c1nc(C2CC2)nn1C. The second-order valence-corrected chi connectivity index (χ2v) is 4.46. The minimum Gasteiger partial charge on any atom is -0.319 e. The number of rotatable bonds is 3. The van der Waals surface area contributed by atoms with Gasteiger partial charge < -0.3 is 5.73 Å². The molecule has 0 aliphatic heterocycles. The van der Waals surface area contributed by atoms with Crippen LogP contribution >= 0.6 is 0 Å². The number of aryl methyl sites for hydroxylation is 1. The Morgan fingerprint density at radius 2 is 2.21 bits per heavy atom. The lowest BCUT2D eigenvalue weighted by Gasteiger charge is -2.20. The quantitative estimate of drug-likeness (QED) is 0.788. The van der Waals surface area contributed by atoms with Crippen LogP contribution in [0.4, 0.5) is 0 Å². The molecule has 1 aliphatic rings. The van der Waals surface area contributed by atoms with Gasteiger partial charge in [-0.1, -0.05) is 6.92 Å². The summed E-state index contributed by atoms with van der Waals surface area (Å²) in [5.41, 5.74) is 5.80. The van der Waals surface area contributed by atoms with Gasteiger partial charge in [-0.05, 0) is 26.2 Å². The maximum absolute atomic E-state index is 6.15. The van der Waals surface area contributed by atoms with E-state index in [4.69, 9.17) is 5.73 Å². The Kier molecular flexibility index (Phi) is 2.10. The Labute approximate surface area is 84.5 Å². The second kappa shape index (κ2) is 3.05. The molecular weight excluding hydrogens is 176 g/mol. The highest BCUT2D eigenvalue weighted by atomic mass is 15.3. The standard InChI is InChI=1S/C10H18N4/c1-4-10(2,11)9-12-8(7-5-6-7)13-14(9)3/h7H,4-6,11H2,1-3H3. The van der Waals surface area contributed by atoms with Gasteiger partial charge in [0.05, 0.1) is 5.54 Å². The summed E-state index contributed by atoms with van der Waals surface area (Å²) in [6.07, 6.45) is 3.34. The Balaban J connectivity index is 2.33. The molecule has 1 atom stereocenters. The molecule has 0 aromatic carbocycles. The molecule has 0 bridgehead atoms. The zero-order valence-electron chi connectivity index (χ0n) is 9.12. The Hall–Kier alpha value is -0.900. The first kappa shape index (κ1) is 9.65. The van der Waals surface area contributed by atoms with Crippen LogP contribution in [0.2, 0.25) is 0 Å². The molecule has 2 rings (SSSR count). The molecule has 0 spiro atoms. The van der Waals surface area contributed by atoms with Crippen molar-refractivity contribution < 1.29 is 0 Å². The summed E-state index contributed by atoms with van der Waals surface area (Å²) in [6.45, 7) is 4.08. The average Bonchev–Trinajstić information content (AvgIpc) is 2.90. The largest absolute Gasteiger partial charge is 0.319 e. The van der Waals surface area contributed by atoms with Crippen LogP contribution in [0.3, 0.4) is 0 Å². The van der Waals surface area contributed by atoms with Crippen LogP contribution < -0.4 is 5.73 Å². The van der Waals surface area contributed by atoms with Crippen molar-refractivity contribution >= 4 is 0 Å². The molecular formula is C10H18N4. The van der Waals surface area contributed by atoms with E-state index in [0.29, 0.717) is 5.92 Å². The molecule has 1 fully saturated rings. The molecule has 14 heavy (non-hydrogen) atoms. The van der Waals surface area contributed by atoms with Gasteiger partial charge in [0.2, 0.25) is 0 Å². The number of hydrogen-bond acceptors (Lipinski definition) is 3. The molecule has 1 aromatic rings. The van der Waals surface area contributed by atoms with Gasteiger partial charge in [0.1, 0.15) is 5.82 Å². The average molecular weight is 194 g/mol. The maximum atomic E-state index is 6.15. The van der Waals surface area contributed by atoms with Crippen LogP contribution in [0.1, 0.15) is 50.7 Å². The first-order valence-electron chi connectivity index (χ1n) is 5.25. The minimum absolute atomic E-state index is 0.352. The van der Waals surface area contributed by atoms with Crippen LogP contribution in [0, 0.1) is 0 Å². The van der Waals surface area contributed by atoms with E-state index in [0.717, 1.165) is 18.1 Å². The lowest BCUT2D eigenvalue weighted by Crippen LogP contribution is -2.35. The molecule has 1 aliphatic carbocycles. The summed E-state index contributed by atoms with van der Waals surface area (Å²) in [7, 11) is 1.93. The van der Waals surface area contributed by atoms with Gasteiger partial charge in [-0.3, -0.25) is 4.68 Å². The first-order chi connectivity index (χ1) is 6.54. The summed E-state index contributed by atoms with van der Waals surface area (Å²) in [4.78, 5) is 4.54. The summed E-state index contributed by atoms with van der Waals surface area (Å²) in [5, 5.41) is 4.41. The van der Waals surface area contributed by atoms with Crippen LogP contribution in [0.15, 0.2) is 0 Å². The Morgan fingerprint density at radius 3 is 2.71 bits per heavy atom. The van der Waals surface area contributed by atoms with E-state index in [2.05, 4.69) is 17.0 Å². The molecule has 4 nitrogen and oxygen atoms in total. The fourth-order valence-corrected chi connectivity index (χ4v) is 1.57. The number of aromatic nitrogens is 3. The third-order valence-corrected chi connectivity index (χ3v) is 2.97. The normalized spacial score (nSPS) is 20.9. The van der Waals surface area contributed by atoms with Gasteiger partial charge in [-0.15, -0.1) is 0 Å². The van der Waals surface area contributed by atoms with Gasteiger partial charge in [0.15, 0.2) is 5.82 Å². The highest BCUT2D eigenvalue weighted by Crippen LogP contribution is 2.38. The number of hydrogen-bond donors (Lipinski definition) is 1. The predicted octanol–water partition coefficient (Wildman–Crippen LogP) is 1.28. The van der Waals surface area contributed by atoms with Crippen molar-refractivity contribution in [3.05, 3.63) is 11.6 Å². The van der Waals surface area contributed by atoms with Crippen molar-refractivity contribution in [2.75, 3.05) is 0 Å². The molecule has 1 heterocycles. The zero-order chi connectivity index (χ0) is 10.3. The lowest BCUT2D eigenvalue weighted by atomic mass is 10.00. The van der Waals surface area contributed by atoms with Crippen LogP contribution in [0.5, 0.6) is 0 Å². The third kappa shape index (κ3) is 1.54. The highest BCUT2D eigenvalue weighted by Gasteiger charge is 2.32. The lowest BCUT2D eigenvalue weighted by molar-refractivity contribution is 0.423. The zero-order valence-corrected chi connectivity index (χ0v) is 9.12. The first-order valence-corrected chi connectivity index (χ1v) is 5.25. The number of nitrogens with zero attached hydrogens (tertiary/aromatic N) is 3. The van der Waals surface area contributed by atoms with Crippen molar-refractivity contribution in [3.63, 3.8) is 0 Å². The second-order valence-electron chi connectivity index (χ2n) is 4.46. The van der Waals surface area contributed by atoms with E-state index in [1.165, 1.54) is 12.8 Å². The van der Waals surface area contributed by atoms with Gasteiger partial charge in [0, 0.05) is 13.0 Å². The van der Waals surface area contributed by atoms with Crippen molar-refractivity contribution in [2.24, 2.45) is 12.8 Å². The molecule has 1 aromatic heterocycles. The third-order valence-electron chi connectivity index (χ3n) is 2.97. The van der Waals surface area contributed by atoms with E-state index < -0.39 is 0 Å². The molecule has 0 amide bonds. The highest BCUT2D eigenvalue weighted by molar-refractivity contribution is 5.10. The van der Waals surface area contributed by atoms with E-state index in [-0.39, 0.29) is 5.54 Å². The fourth-order valence-electron chi connectivity index (χ4n) is 1.57. The van der Waals surface area contributed by atoms with E-state index >= 15 is 0 Å². The number of nitrogens with two attached hydrogens (primary N) is 1. The summed E-state index contributed by atoms with van der Waals surface area (Å²) < 4.78 is 1.83. The van der Waals surface area contributed by atoms with Crippen LogP contribution in [-0.2, 0) is 12.6 Å². The smallest absolute Gasteiger partial charge is 0.154 e. The summed E-state index contributed by atoms with van der Waals surface area (Å²) in [5.74, 6) is 2.48. The fraction of sp³-hybridized carbons (Fsp3) is 0.800. The van der Waals surface area contributed by atoms with Crippen molar-refractivity contribution in [2.45, 2.75) is 44.6 Å². The molecule has 4 heteroatoms. The van der Waals surface area contributed by atoms with Crippen molar-refractivity contribution in [1.82, 2.24) is 14.8 Å². The Morgan fingerprint density at radius 1 is 1.57 bits per heavy atom. The molecule has 0 saturated heterocycles. The minimum atomic E-state index is -0.352. The summed E-state index contributed by atoms with van der Waals surface area (Å²) >= 11 is 0. The van der Waals surface area contributed by atoms with E-state index in [1.54, 1.807) is 0 Å². The van der Waals surface area contributed by atoms with Crippen molar-refractivity contribution in [3.8, 4) is 0 Å².